The van der Waals surface area contributed by atoms with E-state index in [1.54, 1.807) is 6.92 Å². The van der Waals surface area contributed by atoms with Crippen molar-refractivity contribution in [2.24, 2.45) is 0 Å². The second-order valence-corrected chi connectivity index (χ2v) is 1.03. The smallest absolute Gasteiger partial charge is 0.434 e. The molecule has 0 spiro atoms. The number of hydrogen-bond donors (Lipinski definition) is 0. The van der Waals surface area contributed by atoms with Crippen LogP contribution in [0.3, 0.4) is 0 Å². The molecule has 0 radical (unpaired) electrons. The predicted molar refractivity (Wildman–Crippen MR) is 28.3 cm³/mol. The van der Waals surface area contributed by atoms with Gasteiger partial charge in [-0.15, -0.1) is 0 Å². The zero-order valence-corrected chi connectivity index (χ0v) is 4.85. The van der Waals surface area contributed by atoms with Crippen LogP contribution in [0.2, 0.25) is 0 Å². The molecule has 0 atom stereocenters. The van der Waals surface area contributed by atoms with E-state index in [9.17, 15) is 4.79 Å². The summed E-state index contributed by atoms with van der Waals surface area (Å²) in [6.07, 6.45) is -0.650. The molecule has 0 aliphatic carbocycles. The van der Waals surface area contributed by atoms with Gasteiger partial charge in [0.15, 0.2) is 0 Å². The lowest BCUT2D eigenvalue weighted by molar-refractivity contribution is 0.0669. The lowest BCUT2D eigenvalue weighted by Crippen LogP contribution is -2.05. The first-order valence-corrected chi connectivity index (χ1v) is 2.40. The van der Waals surface area contributed by atoms with Crippen LogP contribution in [0.15, 0.2) is 0 Å². The Morgan fingerprint density at radius 2 is 2.25 bits per heavy atom. The largest absolute Gasteiger partial charge is 0.511 e. The van der Waals surface area contributed by atoms with E-state index in [1.807, 2.05) is 0 Å². The van der Waals surface area contributed by atoms with Gasteiger partial charge in [0, 0.05) is 0 Å². The molecule has 46 valence electrons. The lowest BCUT2D eigenvalue weighted by Gasteiger charge is -1.95. The summed E-state index contributed by atoms with van der Waals surface area (Å²) in [7, 11) is 0. The minimum absolute atomic E-state index is 0.124. The molecule has 8 heavy (non-hydrogen) atoms. The van der Waals surface area contributed by atoms with Gasteiger partial charge in [-0.25, -0.2) is 4.79 Å². The highest BCUT2D eigenvalue weighted by molar-refractivity contribution is 5.59. The van der Waals surface area contributed by atoms with E-state index in [4.69, 9.17) is 0 Å². The van der Waals surface area contributed by atoms with E-state index in [-0.39, 0.29) is 6.61 Å². The van der Waals surface area contributed by atoms with Crippen molar-refractivity contribution < 1.29 is 14.3 Å². The Kier molecular flexibility index (Phi) is 3.84. The van der Waals surface area contributed by atoms with Crippen LogP contribution >= 0.6 is 0 Å². The van der Waals surface area contributed by atoms with Crippen LogP contribution in [0, 0.1) is 6.92 Å². The van der Waals surface area contributed by atoms with E-state index in [1.165, 1.54) is 0 Å². The summed E-state index contributed by atoms with van der Waals surface area (Å²) < 4.78 is 8.69. The van der Waals surface area contributed by atoms with Crippen molar-refractivity contribution in [2.75, 3.05) is 13.2 Å². The Morgan fingerprint density at radius 3 is 2.62 bits per heavy atom. The Morgan fingerprint density at radius 1 is 1.62 bits per heavy atom. The standard InChI is InChI=1S/C5H9O3/c1-3-7-5(6)8-4-2/h1,3-4H2,2H3/q+1. The third kappa shape index (κ3) is 3.33. The minimum Gasteiger partial charge on any atom is -0.434 e. The van der Waals surface area contributed by atoms with E-state index < -0.39 is 6.16 Å². The molecule has 0 aromatic rings. The van der Waals surface area contributed by atoms with Gasteiger partial charge < -0.3 is 9.47 Å². The molecule has 0 heterocycles. The zero-order chi connectivity index (χ0) is 6.41. The summed E-state index contributed by atoms with van der Waals surface area (Å²) in [6, 6.07) is 0. The summed E-state index contributed by atoms with van der Waals surface area (Å²) in [4.78, 5) is 10.2. The summed E-state index contributed by atoms with van der Waals surface area (Å²) in [6.45, 7) is 5.47. The van der Waals surface area contributed by atoms with Gasteiger partial charge in [-0.05, 0) is 6.92 Å². The first kappa shape index (κ1) is 7.14. The maximum absolute atomic E-state index is 10.2. The average Bonchev–Trinajstić information content (AvgIpc) is 1.68. The number of carbonyl (C=O) groups is 1. The maximum atomic E-state index is 10.2. The van der Waals surface area contributed by atoms with Crippen molar-refractivity contribution in [1.82, 2.24) is 0 Å². The fraction of sp³-hybridized carbons (Fsp3) is 0.600. The van der Waals surface area contributed by atoms with Crippen molar-refractivity contribution in [1.29, 1.82) is 0 Å². The highest BCUT2D eigenvalue weighted by Gasteiger charge is 1.98. The zero-order valence-electron chi connectivity index (χ0n) is 4.85. The number of rotatable bonds is 2. The van der Waals surface area contributed by atoms with E-state index in [2.05, 4.69) is 16.4 Å². The van der Waals surface area contributed by atoms with Crippen molar-refractivity contribution in [3.8, 4) is 0 Å². The molecule has 0 aliphatic rings. The van der Waals surface area contributed by atoms with Gasteiger partial charge in [0.05, 0.1) is 6.61 Å². The molecular formula is C5H9O3+. The van der Waals surface area contributed by atoms with Gasteiger partial charge in [-0.3, -0.25) is 0 Å². The second-order valence-electron chi connectivity index (χ2n) is 1.03. The third-order valence-electron chi connectivity index (χ3n) is 0.482. The van der Waals surface area contributed by atoms with Gasteiger partial charge in [-0.1, -0.05) is 0 Å². The molecule has 0 aromatic carbocycles. The van der Waals surface area contributed by atoms with Gasteiger partial charge in [-0.2, -0.15) is 0 Å². The van der Waals surface area contributed by atoms with Gasteiger partial charge in [0.1, 0.15) is 6.92 Å². The van der Waals surface area contributed by atoms with Gasteiger partial charge in [0.2, 0.25) is 6.61 Å². The molecule has 0 saturated heterocycles. The average molecular weight is 117 g/mol. The van der Waals surface area contributed by atoms with Crippen LogP contribution < -0.4 is 0 Å². The van der Waals surface area contributed by atoms with E-state index in [0.717, 1.165) is 0 Å². The van der Waals surface area contributed by atoms with Gasteiger partial charge in [0.25, 0.3) is 0 Å². The first-order valence-electron chi connectivity index (χ1n) is 2.40. The molecular weight excluding hydrogens is 108 g/mol. The third-order valence-corrected chi connectivity index (χ3v) is 0.482. The van der Waals surface area contributed by atoms with Crippen LogP contribution in [0.5, 0.6) is 0 Å². The minimum atomic E-state index is -0.650. The summed E-state index contributed by atoms with van der Waals surface area (Å²) in [5.41, 5.74) is 0. The maximum Gasteiger partial charge on any atom is 0.511 e. The van der Waals surface area contributed by atoms with E-state index >= 15 is 0 Å². The molecule has 3 heteroatoms. The van der Waals surface area contributed by atoms with Crippen LogP contribution in [0.1, 0.15) is 6.92 Å². The van der Waals surface area contributed by atoms with Crippen LogP contribution in [0.4, 0.5) is 4.79 Å². The quantitative estimate of drug-likeness (QED) is 0.399. The fourth-order valence-electron chi connectivity index (χ4n) is 0.243. The Labute approximate surface area is 48.6 Å². The highest BCUT2D eigenvalue weighted by Crippen LogP contribution is 1.81. The van der Waals surface area contributed by atoms with Crippen LogP contribution in [-0.2, 0) is 9.47 Å². The van der Waals surface area contributed by atoms with Crippen molar-refractivity contribution in [3.63, 3.8) is 0 Å². The molecule has 0 amide bonds. The topological polar surface area (TPSA) is 35.5 Å². The molecule has 0 N–H and O–H groups in total. The van der Waals surface area contributed by atoms with Crippen LogP contribution in [0.25, 0.3) is 0 Å². The molecule has 3 nitrogen and oxygen atoms in total. The lowest BCUT2D eigenvalue weighted by atomic mass is 10.8. The number of ether oxygens (including phenoxy) is 2. The second kappa shape index (κ2) is 4.30. The van der Waals surface area contributed by atoms with Crippen LogP contribution in [-0.4, -0.2) is 19.4 Å². The molecule has 0 saturated carbocycles. The fourth-order valence-corrected chi connectivity index (χ4v) is 0.243. The summed E-state index contributed by atoms with van der Waals surface area (Å²) >= 11 is 0. The van der Waals surface area contributed by atoms with Crippen molar-refractivity contribution in [2.45, 2.75) is 6.92 Å². The number of hydrogen-bond acceptors (Lipinski definition) is 3. The van der Waals surface area contributed by atoms with Crippen molar-refractivity contribution >= 4 is 6.16 Å². The van der Waals surface area contributed by atoms with Crippen molar-refractivity contribution in [3.05, 3.63) is 6.92 Å². The molecule has 0 aliphatic heterocycles. The molecule has 0 unspecified atom stereocenters. The molecule has 0 bridgehead atoms. The monoisotopic (exact) mass is 117 g/mol. The van der Waals surface area contributed by atoms with E-state index in [0.29, 0.717) is 6.61 Å². The highest BCUT2D eigenvalue weighted by atomic mass is 16.7. The molecule has 0 rings (SSSR count). The number of carbonyl (C=O) groups excluding carboxylic acids is 1. The molecule has 0 fully saturated rings. The SMILES string of the molecule is [CH2+]COC(=O)OCC. The molecule has 0 aromatic heterocycles. The Hall–Kier alpha value is -0.860. The normalized spacial score (nSPS) is 8.12. The predicted octanol–water partition coefficient (Wildman–Crippen LogP) is 0.994. The summed E-state index contributed by atoms with van der Waals surface area (Å²) in [5, 5.41) is 0. The Bertz CT molecular complexity index is 62.1. The first-order chi connectivity index (χ1) is 3.81. The Balaban J connectivity index is 3.06. The van der Waals surface area contributed by atoms with Gasteiger partial charge >= 0.3 is 6.16 Å². The summed E-state index contributed by atoms with van der Waals surface area (Å²) in [5.74, 6) is 0.